The zero-order chi connectivity index (χ0) is 13.7. The lowest BCUT2D eigenvalue weighted by Gasteiger charge is -2.31. The number of hydrogen-bond acceptors (Lipinski definition) is 3. The van der Waals surface area contributed by atoms with Crippen molar-refractivity contribution in [2.45, 2.75) is 33.1 Å². The van der Waals surface area contributed by atoms with E-state index < -0.39 is 0 Å². The Morgan fingerprint density at radius 3 is 2.68 bits per heavy atom. The van der Waals surface area contributed by atoms with Crippen molar-refractivity contribution in [2.24, 2.45) is 5.92 Å². The molecule has 1 aromatic heterocycles. The van der Waals surface area contributed by atoms with Gasteiger partial charge in [-0.15, -0.1) is 0 Å². The van der Waals surface area contributed by atoms with Crippen LogP contribution < -0.4 is 5.32 Å². The fourth-order valence-corrected chi connectivity index (χ4v) is 2.53. The number of amides is 1. The molecule has 19 heavy (non-hydrogen) atoms. The first-order chi connectivity index (χ1) is 9.24. The fraction of sp³-hybridized carbons (Fsp3) is 0.667. The number of likely N-dealkylation sites (tertiary alicyclic amines) is 1. The van der Waals surface area contributed by atoms with Gasteiger partial charge in [-0.25, -0.2) is 0 Å². The van der Waals surface area contributed by atoms with Gasteiger partial charge in [-0.3, -0.25) is 4.79 Å². The van der Waals surface area contributed by atoms with Crippen molar-refractivity contribution >= 4 is 5.91 Å². The highest BCUT2D eigenvalue weighted by atomic mass is 16.4. The highest BCUT2D eigenvalue weighted by Crippen LogP contribution is 2.19. The first kappa shape index (κ1) is 14.1. The van der Waals surface area contributed by atoms with Crippen molar-refractivity contribution in [1.82, 2.24) is 10.2 Å². The van der Waals surface area contributed by atoms with Crippen molar-refractivity contribution in [2.75, 3.05) is 26.2 Å². The molecule has 1 aliphatic heterocycles. The molecule has 1 fully saturated rings. The lowest BCUT2D eigenvalue weighted by atomic mass is 9.96. The average Bonchev–Trinajstić information content (AvgIpc) is 2.94. The van der Waals surface area contributed by atoms with Gasteiger partial charge < -0.3 is 14.6 Å². The Kier molecular flexibility index (Phi) is 5.02. The van der Waals surface area contributed by atoms with Gasteiger partial charge in [0.25, 0.3) is 5.91 Å². The molecule has 1 aromatic rings. The van der Waals surface area contributed by atoms with Crippen molar-refractivity contribution in [3.8, 4) is 0 Å². The molecule has 4 heteroatoms. The van der Waals surface area contributed by atoms with Gasteiger partial charge in [-0.05, 0) is 44.0 Å². The number of aryl methyl sites for hydroxylation is 1. The van der Waals surface area contributed by atoms with Crippen LogP contribution in [0.3, 0.4) is 0 Å². The van der Waals surface area contributed by atoms with E-state index in [1.165, 1.54) is 0 Å². The molecule has 1 aliphatic rings. The monoisotopic (exact) mass is 264 g/mol. The Labute approximate surface area is 115 Å². The van der Waals surface area contributed by atoms with Crippen LogP contribution >= 0.6 is 0 Å². The minimum absolute atomic E-state index is 0.0431. The number of rotatable bonds is 5. The summed E-state index contributed by atoms with van der Waals surface area (Å²) in [6, 6.07) is 3.69. The highest BCUT2D eigenvalue weighted by Gasteiger charge is 2.25. The molecule has 0 saturated carbocycles. The van der Waals surface area contributed by atoms with E-state index in [9.17, 15) is 4.79 Å². The minimum atomic E-state index is 0.0431. The molecule has 0 aliphatic carbocycles. The van der Waals surface area contributed by atoms with Crippen molar-refractivity contribution in [3.05, 3.63) is 23.7 Å². The van der Waals surface area contributed by atoms with Gasteiger partial charge in [-0.1, -0.05) is 13.8 Å². The van der Waals surface area contributed by atoms with Crippen molar-refractivity contribution in [1.29, 1.82) is 0 Å². The lowest BCUT2D eigenvalue weighted by Crippen LogP contribution is -2.40. The SMILES string of the molecule is CCNCC1CCN(C(=O)c2ccc(CC)o2)CC1. The summed E-state index contributed by atoms with van der Waals surface area (Å²) in [6.45, 7) is 7.93. The third-order valence-electron chi connectivity index (χ3n) is 3.81. The summed E-state index contributed by atoms with van der Waals surface area (Å²) in [7, 11) is 0. The topological polar surface area (TPSA) is 45.5 Å². The molecule has 1 amide bonds. The summed E-state index contributed by atoms with van der Waals surface area (Å²) in [5.74, 6) is 2.11. The van der Waals surface area contributed by atoms with Gasteiger partial charge >= 0.3 is 0 Å². The van der Waals surface area contributed by atoms with Crippen LogP contribution in [0.1, 0.15) is 43.0 Å². The van der Waals surface area contributed by atoms with Crippen LogP contribution in [0.2, 0.25) is 0 Å². The fourth-order valence-electron chi connectivity index (χ4n) is 2.53. The van der Waals surface area contributed by atoms with Gasteiger partial charge in [0.15, 0.2) is 5.76 Å². The number of nitrogens with one attached hydrogen (secondary N) is 1. The molecule has 0 unspecified atom stereocenters. The molecule has 0 atom stereocenters. The zero-order valence-electron chi connectivity index (χ0n) is 11.9. The van der Waals surface area contributed by atoms with Crippen LogP contribution in [0.25, 0.3) is 0 Å². The largest absolute Gasteiger partial charge is 0.456 e. The van der Waals surface area contributed by atoms with E-state index in [-0.39, 0.29) is 5.91 Å². The first-order valence-corrected chi connectivity index (χ1v) is 7.33. The second kappa shape index (κ2) is 6.75. The summed E-state index contributed by atoms with van der Waals surface area (Å²) in [5.41, 5.74) is 0. The number of piperidine rings is 1. The van der Waals surface area contributed by atoms with E-state index in [0.717, 1.165) is 51.2 Å². The van der Waals surface area contributed by atoms with Crippen LogP contribution in [-0.2, 0) is 6.42 Å². The van der Waals surface area contributed by atoms with Crippen LogP contribution in [0.5, 0.6) is 0 Å². The van der Waals surface area contributed by atoms with Crippen molar-refractivity contribution < 1.29 is 9.21 Å². The molecular weight excluding hydrogens is 240 g/mol. The molecule has 1 N–H and O–H groups in total. The molecule has 106 valence electrons. The Morgan fingerprint density at radius 1 is 1.37 bits per heavy atom. The van der Waals surface area contributed by atoms with Gasteiger partial charge in [0.2, 0.25) is 0 Å². The van der Waals surface area contributed by atoms with Gasteiger partial charge in [-0.2, -0.15) is 0 Å². The van der Waals surface area contributed by atoms with Crippen LogP contribution in [-0.4, -0.2) is 37.0 Å². The van der Waals surface area contributed by atoms with E-state index in [2.05, 4.69) is 12.2 Å². The maximum absolute atomic E-state index is 12.3. The van der Waals surface area contributed by atoms with E-state index >= 15 is 0 Å². The predicted octanol–water partition coefficient (Wildman–Crippen LogP) is 2.30. The number of carbonyl (C=O) groups excluding carboxylic acids is 1. The average molecular weight is 264 g/mol. The minimum Gasteiger partial charge on any atom is -0.456 e. The Bertz CT molecular complexity index is 406. The Hall–Kier alpha value is -1.29. The molecule has 2 heterocycles. The molecule has 0 bridgehead atoms. The molecule has 0 radical (unpaired) electrons. The number of hydrogen-bond donors (Lipinski definition) is 1. The summed E-state index contributed by atoms with van der Waals surface area (Å²) >= 11 is 0. The van der Waals surface area contributed by atoms with Gasteiger partial charge in [0, 0.05) is 19.5 Å². The molecule has 0 aromatic carbocycles. The van der Waals surface area contributed by atoms with Crippen LogP contribution in [0.15, 0.2) is 16.5 Å². The summed E-state index contributed by atoms with van der Waals surface area (Å²) in [4.78, 5) is 14.2. The lowest BCUT2D eigenvalue weighted by molar-refractivity contribution is 0.0656. The maximum atomic E-state index is 12.3. The standard InChI is InChI=1S/C15H24N2O2/c1-3-13-5-6-14(19-13)15(18)17-9-7-12(8-10-17)11-16-4-2/h5-6,12,16H,3-4,7-11H2,1-2H3. The number of nitrogens with zero attached hydrogens (tertiary/aromatic N) is 1. The van der Waals surface area contributed by atoms with E-state index in [0.29, 0.717) is 11.7 Å². The second-order valence-corrected chi connectivity index (χ2v) is 5.16. The number of furan rings is 1. The Morgan fingerprint density at radius 2 is 2.11 bits per heavy atom. The third kappa shape index (κ3) is 3.60. The maximum Gasteiger partial charge on any atom is 0.289 e. The zero-order valence-corrected chi connectivity index (χ0v) is 11.9. The molecule has 1 saturated heterocycles. The second-order valence-electron chi connectivity index (χ2n) is 5.16. The molecular formula is C15H24N2O2. The van der Waals surface area contributed by atoms with E-state index in [1.807, 2.05) is 17.9 Å². The van der Waals surface area contributed by atoms with E-state index in [4.69, 9.17) is 4.42 Å². The highest BCUT2D eigenvalue weighted by molar-refractivity contribution is 5.91. The summed E-state index contributed by atoms with van der Waals surface area (Å²) in [6.07, 6.45) is 3.00. The smallest absolute Gasteiger partial charge is 0.289 e. The quantitative estimate of drug-likeness (QED) is 0.887. The van der Waals surface area contributed by atoms with Gasteiger partial charge in [0.05, 0.1) is 0 Å². The van der Waals surface area contributed by atoms with Crippen molar-refractivity contribution in [3.63, 3.8) is 0 Å². The third-order valence-corrected chi connectivity index (χ3v) is 3.81. The molecule has 0 spiro atoms. The van der Waals surface area contributed by atoms with Crippen LogP contribution in [0, 0.1) is 5.92 Å². The summed E-state index contributed by atoms with van der Waals surface area (Å²) < 4.78 is 5.54. The van der Waals surface area contributed by atoms with Crippen LogP contribution in [0.4, 0.5) is 0 Å². The first-order valence-electron chi connectivity index (χ1n) is 7.33. The normalized spacial score (nSPS) is 16.8. The number of carbonyl (C=O) groups is 1. The molecule has 2 rings (SSSR count). The molecule has 4 nitrogen and oxygen atoms in total. The summed E-state index contributed by atoms with van der Waals surface area (Å²) in [5, 5.41) is 3.38. The Balaban J connectivity index is 1.85. The van der Waals surface area contributed by atoms with Gasteiger partial charge in [0.1, 0.15) is 5.76 Å². The predicted molar refractivity (Wildman–Crippen MR) is 75.3 cm³/mol. The van der Waals surface area contributed by atoms with E-state index in [1.54, 1.807) is 6.07 Å².